The van der Waals surface area contributed by atoms with Gasteiger partial charge in [-0.25, -0.2) is 19.0 Å². The van der Waals surface area contributed by atoms with Crippen molar-refractivity contribution >= 4 is 34.4 Å². The molecular formula is C18H20ClFN6O. The van der Waals surface area contributed by atoms with E-state index in [4.69, 9.17) is 11.6 Å². The number of carbonyl (C=O) groups excluding carboxylic acids is 1. The van der Waals surface area contributed by atoms with Crippen LogP contribution in [0.25, 0.3) is 11.0 Å². The predicted molar refractivity (Wildman–Crippen MR) is 102 cm³/mol. The van der Waals surface area contributed by atoms with Crippen LogP contribution in [0.4, 0.5) is 10.2 Å². The minimum Gasteiger partial charge on any atom is -0.356 e. The third-order valence-electron chi connectivity index (χ3n) is 4.26. The van der Waals surface area contributed by atoms with E-state index in [-0.39, 0.29) is 24.0 Å². The fourth-order valence-electron chi connectivity index (χ4n) is 2.82. The Morgan fingerprint density at radius 1 is 1.30 bits per heavy atom. The topological polar surface area (TPSA) is 75.9 Å². The van der Waals surface area contributed by atoms with Crippen LogP contribution in [0, 0.1) is 5.82 Å². The number of hydrogen-bond acceptors (Lipinski definition) is 5. The number of halogens is 2. The first-order valence-corrected chi connectivity index (χ1v) is 9.03. The summed E-state index contributed by atoms with van der Waals surface area (Å²) in [7, 11) is 0. The Morgan fingerprint density at radius 2 is 2.07 bits per heavy atom. The van der Waals surface area contributed by atoms with Crippen LogP contribution in [0.1, 0.15) is 19.4 Å². The summed E-state index contributed by atoms with van der Waals surface area (Å²) in [5.41, 5.74) is 1.24. The highest BCUT2D eigenvalue weighted by atomic mass is 35.5. The Labute approximate surface area is 161 Å². The first-order chi connectivity index (χ1) is 13.0. The number of amides is 1. The summed E-state index contributed by atoms with van der Waals surface area (Å²) in [5.74, 6) is 0.139. The predicted octanol–water partition coefficient (Wildman–Crippen LogP) is 2.78. The molecule has 0 aliphatic carbocycles. The minimum absolute atomic E-state index is 0.0109. The van der Waals surface area contributed by atoms with Crippen LogP contribution in [0.15, 0.2) is 30.7 Å². The van der Waals surface area contributed by atoms with E-state index in [1.54, 1.807) is 12.3 Å². The third-order valence-corrected chi connectivity index (χ3v) is 4.61. The minimum atomic E-state index is -0.415. The molecule has 0 saturated heterocycles. The molecule has 3 rings (SSSR count). The highest BCUT2D eigenvalue weighted by Gasteiger charge is 2.15. The molecule has 0 atom stereocenters. The van der Waals surface area contributed by atoms with Gasteiger partial charge in [0.1, 0.15) is 24.5 Å². The third kappa shape index (κ3) is 4.16. The van der Waals surface area contributed by atoms with Crippen LogP contribution in [0.2, 0.25) is 5.02 Å². The van der Waals surface area contributed by atoms with Gasteiger partial charge < -0.3 is 10.2 Å². The largest absolute Gasteiger partial charge is 0.356 e. The van der Waals surface area contributed by atoms with Crippen molar-refractivity contribution in [1.29, 1.82) is 0 Å². The fourth-order valence-corrected chi connectivity index (χ4v) is 3.06. The molecular weight excluding hydrogens is 371 g/mol. The lowest BCUT2D eigenvalue weighted by Gasteiger charge is -2.19. The molecule has 1 amide bonds. The van der Waals surface area contributed by atoms with Gasteiger partial charge >= 0.3 is 0 Å². The molecule has 142 valence electrons. The number of nitrogens with one attached hydrogen (secondary N) is 1. The average molecular weight is 391 g/mol. The Morgan fingerprint density at radius 3 is 2.78 bits per heavy atom. The molecule has 0 bridgehead atoms. The van der Waals surface area contributed by atoms with Crippen molar-refractivity contribution < 1.29 is 9.18 Å². The van der Waals surface area contributed by atoms with Crippen molar-refractivity contribution in [3.05, 3.63) is 47.1 Å². The van der Waals surface area contributed by atoms with Crippen molar-refractivity contribution in [3.63, 3.8) is 0 Å². The zero-order chi connectivity index (χ0) is 19.4. The highest BCUT2D eigenvalue weighted by Crippen LogP contribution is 2.22. The van der Waals surface area contributed by atoms with Crippen LogP contribution in [-0.2, 0) is 17.9 Å². The summed E-state index contributed by atoms with van der Waals surface area (Å²) < 4.78 is 14.6. The van der Waals surface area contributed by atoms with Crippen LogP contribution < -0.4 is 10.2 Å². The second kappa shape index (κ2) is 8.30. The lowest BCUT2D eigenvalue weighted by molar-refractivity contribution is -0.121. The molecule has 0 saturated carbocycles. The first-order valence-electron chi connectivity index (χ1n) is 8.65. The molecule has 0 aliphatic rings. The Hall–Kier alpha value is -2.74. The van der Waals surface area contributed by atoms with E-state index in [0.29, 0.717) is 11.2 Å². The van der Waals surface area contributed by atoms with Gasteiger partial charge in [-0.3, -0.25) is 4.79 Å². The molecule has 1 aromatic carbocycles. The molecule has 0 unspecified atom stereocenters. The number of rotatable bonds is 7. The lowest BCUT2D eigenvalue weighted by Crippen LogP contribution is -2.27. The van der Waals surface area contributed by atoms with Crippen molar-refractivity contribution in [1.82, 2.24) is 25.1 Å². The van der Waals surface area contributed by atoms with E-state index in [2.05, 4.69) is 39.1 Å². The van der Waals surface area contributed by atoms with Gasteiger partial charge in [-0.05, 0) is 31.5 Å². The van der Waals surface area contributed by atoms with Gasteiger partial charge in [0.15, 0.2) is 5.65 Å². The fraction of sp³-hybridized carbons (Fsp3) is 0.333. The SMILES string of the molecule is CCN(CC)c1ncnc2c1cnn2CC(=O)NCc1ccc(F)cc1Cl. The molecule has 0 radical (unpaired) electrons. The number of aromatic nitrogens is 4. The van der Waals surface area contributed by atoms with E-state index in [9.17, 15) is 9.18 Å². The molecule has 7 nitrogen and oxygen atoms in total. The summed E-state index contributed by atoms with van der Waals surface area (Å²) in [6, 6.07) is 4.07. The normalized spacial score (nSPS) is 11.0. The molecule has 0 spiro atoms. The molecule has 2 heterocycles. The highest BCUT2D eigenvalue weighted by molar-refractivity contribution is 6.31. The van der Waals surface area contributed by atoms with Gasteiger partial charge in [0.2, 0.25) is 5.91 Å². The maximum absolute atomic E-state index is 13.1. The van der Waals surface area contributed by atoms with Crippen LogP contribution in [-0.4, -0.2) is 38.7 Å². The second-order valence-electron chi connectivity index (χ2n) is 5.92. The van der Waals surface area contributed by atoms with E-state index in [1.807, 2.05) is 0 Å². The Kier molecular flexibility index (Phi) is 5.85. The van der Waals surface area contributed by atoms with Crippen molar-refractivity contribution in [3.8, 4) is 0 Å². The Bertz CT molecular complexity index is 956. The van der Waals surface area contributed by atoms with Gasteiger partial charge in [0.25, 0.3) is 0 Å². The van der Waals surface area contributed by atoms with Gasteiger partial charge in [0, 0.05) is 24.7 Å². The summed E-state index contributed by atoms with van der Waals surface area (Å²) in [6.07, 6.45) is 3.15. The van der Waals surface area contributed by atoms with Gasteiger partial charge in [-0.1, -0.05) is 17.7 Å². The number of nitrogens with zero attached hydrogens (tertiary/aromatic N) is 5. The quantitative estimate of drug-likeness (QED) is 0.671. The number of anilines is 1. The molecule has 0 fully saturated rings. The standard InChI is InChI=1S/C18H20ClFN6O/c1-3-25(4-2)17-14-9-24-26(18(14)23-11-22-17)10-16(27)21-8-12-5-6-13(20)7-15(12)19/h5-7,9,11H,3-4,8,10H2,1-2H3,(H,21,27). The van der Waals surface area contributed by atoms with E-state index >= 15 is 0 Å². The first kappa shape index (κ1) is 19.0. The van der Waals surface area contributed by atoms with Gasteiger partial charge in [0.05, 0.1) is 11.6 Å². The van der Waals surface area contributed by atoms with Crippen molar-refractivity contribution in [2.45, 2.75) is 26.9 Å². The number of hydrogen-bond donors (Lipinski definition) is 1. The van der Waals surface area contributed by atoms with Crippen molar-refractivity contribution in [2.75, 3.05) is 18.0 Å². The molecule has 3 aromatic rings. The summed E-state index contributed by atoms with van der Waals surface area (Å²) in [4.78, 5) is 23.0. The molecule has 1 N–H and O–H groups in total. The average Bonchev–Trinajstić information content (AvgIpc) is 3.06. The van der Waals surface area contributed by atoms with Gasteiger partial charge in [-0.2, -0.15) is 5.10 Å². The van der Waals surface area contributed by atoms with Crippen LogP contribution >= 0.6 is 11.6 Å². The van der Waals surface area contributed by atoms with E-state index in [1.165, 1.54) is 23.1 Å². The molecule has 9 heteroatoms. The number of benzene rings is 1. The monoisotopic (exact) mass is 390 g/mol. The molecule has 2 aromatic heterocycles. The molecule has 0 aliphatic heterocycles. The second-order valence-corrected chi connectivity index (χ2v) is 6.33. The summed E-state index contributed by atoms with van der Waals surface area (Å²) >= 11 is 5.98. The van der Waals surface area contributed by atoms with E-state index < -0.39 is 5.82 Å². The summed E-state index contributed by atoms with van der Waals surface area (Å²) in [6.45, 7) is 5.94. The maximum atomic E-state index is 13.1. The van der Waals surface area contributed by atoms with Crippen LogP contribution in [0.3, 0.4) is 0 Å². The zero-order valence-corrected chi connectivity index (χ0v) is 15.9. The molecule has 27 heavy (non-hydrogen) atoms. The smallest absolute Gasteiger partial charge is 0.242 e. The Balaban J connectivity index is 1.73. The lowest BCUT2D eigenvalue weighted by atomic mass is 10.2. The van der Waals surface area contributed by atoms with Crippen LogP contribution in [0.5, 0.6) is 0 Å². The zero-order valence-electron chi connectivity index (χ0n) is 15.1. The maximum Gasteiger partial charge on any atom is 0.242 e. The number of fused-ring (bicyclic) bond motifs is 1. The van der Waals surface area contributed by atoms with E-state index in [0.717, 1.165) is 24.3 Å². The van der Waals surface area contributed by atoms with Crippen molar-refractivity contribution in [2.24, 2.45) is 0 Å². The number of carbonyl (C=O) groups is 1. The summed E-state index contributed by atoms with van der Waals surface area (Å²) in [5, 5.41) is 8.12. The van der Waals surface area contributed by atoms with Gasteiger partial charge in [-0.15, -0.1) is 0 Å².